The molecule has 3 aromatic heterocycles. The summed E-state index contributed by atoms with van der Waals surface area (Å²) in [6, 6.07) is 6.28. The van der Waals surface area contributed by atoms with Crippen molar-refractivity contribution in [3.05, 3.63) is 41.4 Å². The van der Waals surface area contributed by atoms with Crippen molar-refractivity contribution >= 4 is 10.0 Å². The molecule has 0 fully saturated rings. The number of nitrogens with one attached hydrogen (secondary N) is 1. The highest BCUT2D eigenvalue weighted by molar-refractivity contribution is 7.89. The predicted molar refractivity (Wildman–Crippen MR) is 88.0 cm³/mol. The Morgan fingerprint density at radius 1 is 1.12 bits per heavy atom. The summed E-state index contributed by atoms with van der Waals surface area (Å²) >= 11 is 0. The van der Waals surface area contributed by atoms with Crippen LogP contribution in [0.4, 0.5) is 0 Å². The van der Waals surface area contributed by atoms with Gasteiger partial charge in [0.1, 0.15) is 0 Å². The van der Waals surface area contributed by atoms with Gasteiger partial charge in [-0.3, -0.25) is 0 Å². The molecule has 3 aromatic rings. The van der Waals surface area contributed by atoms with Crippen molar-refractivity contribution in [1.29, 1.82) is 0 Å². The molecule has 134 valence electrons. The summed E-state index contributed by atoms with van der Waals surface area (Å²) in [5.74, 6) is 1.54. The van der Waals surface area contributed by atoms with E-state index >= 15 is 0 Å². The Balaban J connectivity index is 1.68. The number of hydrogen-bond acceptors (Lipinski definition) is 7. The molecule has 0 bridgehead atoms. The zero-order valence-corrected chi connectivity index (χ0v) is 15.0. The highest BCUT2D eigenvalue weighted by Crippen LogP contribution is 2.25. The van der Waals surface area contributed by atoms with Gasteiger partial charge in [-0.15, -0.1) is 0 Å². The van der Waals surface area contributed by atoms with Crippen LogP contribution in [0.5, 0.6) is 0 Å². The van der Waals surface area contributed by atoms with Crippen molar-refractivity contribution in [2.75, 3.05) is 0 Å². The maximum absolute atomic E-state index is 12.3. The lowest BCUT2D eigenvalue weighted by atomic mass is 10.1. The Morgan fingerprint density at radius 3 is 2.60 bits per heavy atom. The van der Waals surface area contributed by atoms with E-state index in [1.54, 1.807) is 19.1 Å². The molecule has 0 amide bonds. The number of aryl methyl sites for hydroxylation is 1. The summed E-state index contributed by atoms with van der Waals surface area (Å²) < 4.78 is 42.6. The molecule has 0 saturated carbocycles. The second-order valence-corrected chi connectivity index (χ2v) is 7.86. The smallest absolute Gasteiger partial charge is 0.274 e. The Hall–Kier alpha value is -2.39. The third-order valence-corrected chi connectivity index (χ3v) is 4.65. The summed E-state index contributed by atoms with van der Waals surface area (Å²) in [7, 11) is -3.82. The summed E-state index contributed by atoms with van der Waals surface area (Å²) in [4.78, 5) is 0. The first-order valence-corrected chi connectivity index (χ1v) is 9.29. The van der Waals surface area contributed by atoms with E-state index in [9.17, 15) is 8.42 Å². The minimum Gasteiger partial charge on any atom is -0.440 e. The maximum atomic E-state index is 12.3. The van der Waals surface area contributed by atoms with Gasteiger partial charge in [-0.25, -0.2) is 13.1 Å². The average Bonchev–Trinajstić information content (AvgIpc) is 3.24. The molecule has 0 aliphatic heterocycles. The predicted octanol–water partition coefficient (Wildman–Crippen LogP) is 2.91. The zero-order chi connectivity index (χ0) is 18.0. The molecule has 0 aliphatic carbocycles. The summed E-state index contributed by atoms with van der Waals surface area (Å²) in [6.07, 6.45) is 0.772. The molecule has 0 spiro atoms. The lowest BCUT2D eigenvalue weighted by Gasteiger charge is -2.01. The average molecular weight is 365 g/mol. The number of furan rings is 1. The third-order valence-electron chi connectivity index (χ3n) is 3.38. The lowest BCUT2D eigenvalue weighted by molar-refractivity contribution is 0.370. The topological polar surface area (TPSA) is 111 Å². The van der Waals surface area contributed by atoms with E-state index in [0.29, 0.717) is 28.9 Å². The minimum atomic E-state index is -3.82. The minimum absolute atomic E-state index is 0.00905. The van der Waals surface area contributed by atoms with Crippen molar-refractivity contribution in [2.45, 2.75) is 38.8 Å². The molecule has 0 saturated heterocycles. The third kappa shape index (κ3) is 4.18. The SMILES string of the molecule is Cc1cc(-c2ccc(S(=O)(=O)NCc3cc(CC(C)C)no3)o2)on1. The van der Waals surface area contributed by atoms with Gasteiger partial charge in [-0.2, -0.15) is 0 Å². The van der Waals surface area contributed by atoms with Gasteiger partial charge in [-0.05, 0) is 31.4 Å². The van der Waals surface area contributed by atoms with E-state index in [4.69, 9.17) is 13.5 Å². The first kappa shape index (κ1) is 17.4. The van der Waals surface area contributed by atoms with Gasteiger partial charge >= 0.3 is 0 Å². The van der Waals surface area contributed by atoms with Gasteiger partial charge in [0, 0.05) is 12.1 Å². The van der Waals surface area contributed by atoms with Crippen LogP contribution in [0.15, 0.2) is 42.8 Å². The van der Waals surface area contributed by atoms with E-state index in [1.807, 2.05) is 0 Å². The summed E-state index contributed by atoms with van der Waals surface area (Å²) in [5.41, 5.74) is 1.47. The fourth-order valence-corrected chi connectivity index (χ4v) is 3.19. The van der Waals surface area contributed by atoms with Crippen LogP contribution in [0.2, 0.25) is 0 Å². The monoisotopic (exact) mass is 365 g/mol. The van der Waals surface area contributed by atoms with Gasteiger partial charge in [0.2, 0.25) is 10.9 Å². The quantitative estimate of drug-likeness (QED) is 0.685. The van der Waals surface area contributed by atoms with Crippen molar-refractivity contribution in [3.63, 3.8) is 0 Å². The van der Waals surface area contributed by atoms with Crippen molar-refractivity contribution < 1.29 is 21.9 Å². The second-order valence-electron chi connectivity index (χ2n) is 6.16. The molecule has 3 rings (SSSR count). The molecule has 9 heteroatoms. The second kappa shape index (κ2) is 6.85. The molecular weight excluding hydrogens is 346 g/mol. The fraction of sp³-hybridized carbons (Fsp3) is 0.375. The zero-order valence-electron chi connectivity index (χ0n) is 14.1. The molecule has 0 unspecified atom stereocenters. The van der Waals surface area contributed by atoms with Gasteiger partial charge in [0.15, 0.2) is 11.5 Å². The lowest BCUT2D eigenvalue weighted by Crippen LogP contribution is -2.22. The molecule has 0 atom stereocenters. The standard InChI is InChI=1S/C16H19N3O5S/c1-10(2)6-12-8-13(23-19-12)9-17-25(20,21)16-5-4-14(22-16)15-7-11(3)18-24-15/h4-5,7-8,10,17H,6,9H2,1-3H3. The van der Waals surface area contributed by atoms with Crippen LogP contribution in [-0.2, 0) is 23.0 Å². The van der Waals surface area contributed by atoms with Crippen molar-refractivity contribution in [3.8, 4) is 11.5 Å². The van der Waals surface area contributed by atoms with Crippen LogP contribution in [0.3, 0.4) is 0 Å². The van der Waals surface area contributed by atoms with Crippen LogP contribution in [0, 0.1) is 12.8 Å². The Morgan fingerprint density at radius 2 is 1.92 bits per heavy atom. The van der Waals surface area contributed by atoms with Crippen molar-refractivity contribution in [2.24, 2.45) is 5.92 Å². The van der Waals surface area contributed by atoms with Crippen LogP contribution < -0.4 is 4.72 Å². The van der Waals surface area contributed by atoms with E-state index in [1.165, 1.54) is 12.1 Å². The number of hydrogen-bond donors (Lipinski definition) is 1. The number of sulfonamides is 1. The number of aromatic nitrogens is 2. The number of nitrogens with zero attached hydrogens (tertiary/aromatic N) is 2. The van der Waals surface area contributed by atoms with Crippen molar-refractivity contribution in [1.82, 2.24) is 15.0 Å². The van der Waals surface area contributed by atoms with E-state index in [2.05, 4.69) is 28.9 Å². The Bertz CT molecular complexity index is 952. The molecule has 0 aliphatic rings. The van der Waals surface area contributed by atoms with Crippen LogP contribution in [0.25, 0.3) is 11.5 Å². The van der Waals surface area contributed by atoms with E-state index < -0.39 is 10.0 Å². The van der Waals surface area contributed by atoms with Crippen LogP contribution in [-0.4, -0.2) is 18.7 Å². The highest BCUT2D eigenvalue weighted by Gasteiger charge is 2.21. The molecule has 0 radical (unpaired) electrons. The molecule has 25 heavy (non-hydrogen) atoms. The van der Waals surface area contributed by atoms with Gasteiger partial charge < -0.3 is 13.5 Å². The Kier molecular flexibility index (Phi) is 4.78. The van der Waals surface area contributed by atoms with E-state index in [0.717, 1.165) is 12.1 Å². The highest BCUT2D eigenvalue weighted by atomic mass is 32.2. The van der Waals surface area contributed by atoms with Crippen LogP contribution >= 0.6 is 0 Å². The molecule has 0 aromatic carbocycles. The molecular formula is C16H19N3O5S. The normalized spacial score (nSPS) is 12.2. The first-order valence-electron chi connectivity index (χ1n) is 7.81. The van der Waals surface area contributed by atoms with Gasteiger partial charge in [-0.1, -0.05) is 24.2 Å². The van der Waals surface area contributed by atoms with Crippen LogP contribution in [0.1, 0.15) is 31.0 Å². The first-order chi connectivity index (χ1) is 11.8. The maximum Gasteiger partial charge on any atom is 0.274 e. The molecule has 1 N–H and O–H groups in total. The summed E-state index contributed by atoms with van der Waals surface area (Å²) in [6.45, 7) is 5.90. The van der Waals surface area contributed by atoms with Gasteiger partial charge in [0.05, 0.1) is 17.9 Å². The summed E-state index contributed by atoms with van der Waals surface area (Å²) in [5, 5.41) is 7.46. The Labute approximate surface area is 145 Å². The molecule has 8 nitrogen and oxygen atoms in total. The van der Waals surface area contributed by atoms with E-state index in [-0.39, 0.29) is 11.6 Å². The number of rotatable bonds is 7. The molecule has 3 heterocycles. The largest absolute Gasteiger partial charge is 0.440 e. The fourth-order valence-electron chi connectivity index (χ4n) is 2.27. The van der Waals surface area contributed by atoms with Gasteiger partial charge in [0.25, 0.3) is 10.0 Å².